The van der Waals surface area contributed by atoms with Gasteiger partial charge < -0.3 is 15.8 Å². The van der Waals surface area contributed by atoms with Crippen LogP contribution in [0.15, 0.2) is 12.4 Å². The van der Waals surface area contributed by atoms with E-state index in [0.29, 0.717) is 18.8 Å². The van der Waals surface area contributed by atoms with Crippen LogP contribution in [0.2, 0.25) is 0 Å². The molecule has 88 valence electrons. The van der Waals surface area contributed by atoms with Crippen LogP contribution in [-0.4, -0.2) is 34.4 Å². The van der Waals surface area contributed by atoms with E-state index >= 15 is 0 Å². The third-order valence-electron chi connectivity index (χ3n) is 1.78. The van der Waals surface area contributed by atoms with Crippen molar-refractivity contribution in [2.45, 2.75) is 13.0 Å². The van der Waals surface area contributed by atoms with E-state index in [2.05, 4.69) is 22.6 Å². The van der Waals surface area contributed by atoms with Crippen LogP contribution in [0, 0.1) is 0 Å². The van der Waals surface area contributed by atoms with Crippen molar-refractivity contribution in [3.63, 3.8) is 0 Å². The second-order valence-corrected chi connectivity index (χ2v) is 3.70. The number of nitrogens with two attached hydrogens (primary N) is 1. The topological polar surface area (TPSA) is 82.2 Å². The summed E-state index contributed by atoms with van der Waals surface area (Å²) in [6.45, 7) is 1.21. The maximum absolute atomic E-state index is 11.3. The van der Waals surface area contributed by atoms with Gasteiger partial charge in [0.15, 0.2) is 0 Å². The second kappa shape index (κ2) is 6.19. The Hall–Kier alpha value is -1.47. The fraction of sp³-hybridized carbons (Fsp3) is 0.444. The Morgan fingerprint density at radius 3 is 3.12 bits per heavy atom. The van der Waals surface area contributed by atoms with Gasteiger partial charge in [-0.1, -0.05) is 12.2 Å². The highest BCUT2D eigenvalue weighted by molar-refractivity contribution is 7.80. The highest BCUT2D eigenvalue weighted by Crippen LogP contribution is 2.05. The lowest BCUT2D eigenvalue weighted by atomic mass is 10.4. The fourth-order valence-corrected chi connectivity index (χ4v) is 1.23. The molecule has 0 saturated carbocycles. The van der Waals surface area contributed by atoms with Gasteiger partial charge in [0.05, 0.1) is 36.4 Å². The predicted molar refractivity (Wildman–Crippen MR) is 64.1 cm³/mol. The number of anilines is 1. The van der Waals surface area contributed by atoms with Crippen LogP contribution in [0.5, 0.6) is 0 Å². The van der Waals surface area contributed by atoms with Crippen molar-refractivity contribution in [3.05, 3.63) is 12.4 Å². The quantitative estimate of drug-likeness (QED) is 0.694. The van der Waals surface area contributed by atoms with Crippen molar-refractivity contribution in [1.29, 1.82) is 0 Å². The standard InChI is InChI=1S/C9H14N4O2S/c1-15-3-2-13-6-7(5-11-13)12-9(14)4-8(10)16/h5-6H,2-4H2,1H3,(H2,10,16)(H,12,14). The number of nitrogens with zero attached hydrogens (tertiary/aromatic N) is 2. The Morgan fingerprint density at radius 2 is 2.50 bits per heavy atom. The third-order valence-corrected chi connectivity index (χ3v) is 1.92. The zero-order valence-corrected chi connectivity index (χ0v) is 9.79. The zero-order chi connectivity index (χ0) is 12.0. The number of rotatable bonds is 6. The summed E-state index contributed by atoms with van der Waals surface area (Å²) in [5, 5.41) is 6.68. The molecule has 1 amide bonds. The van der Waals surface area contributed by atoms with E-state index < -0.39 is 0 Å². The first-order valence-electron chi connectivity index (χ1n) is 4.71. The molecule has 1 aromatic rings. The molecule has 0 aromatic carbocycles. The molecule has 0 fully saturated rings. The summed E-state index contributed by atoms with van der Waals surface area (Å²) < 4.78 is 6.59. The lowest BCUT2D eigenvalue weighted by Gasteiger charge is -2.00. The number of amides is 1. The Bertz CT molecular complexity index is 377. The molecule has 1 aromatic heterocycles. The Labute approximate surface area is 98.8 Å². The summed E-state index contributed by atoms with van der Waals surface area (Å²) in [6, 6.07) is 0. The zero-order valence-electron chi connectivity index (χ0n) is 8.97. The van der Waals surface area contributed by atoms with Gasteiger partial charge in [0.1, 0.15) is 0 Å². The first kappa shape index (κ1) is 12.6. The van der Waals surface area contributed by atoms with Gasteiger partial charge in [0.25, 0.3) is 0 Å². The highest BCUT2D eigenvalue weighted by atomic mass is 32.1. The Balaban J connectivity index is 2.45. The molecular weight excluding hydrogens is 228 g/mol. The molecule has 1 rings (SSSR count). The molecule has 0 unspecified atom stereocenters. The van der Waals surface area contributed by atoms with Crippen LogP contribution in [-0.2, 0) is 16.1 Å². The smallest absolute Gasteiger partial charge is 0.231 e. The van der Waals surface area contributed by atoms with Crippen LogP contribution in [0.3, 0.4) is 0 Å². The number of aromatic nitrogens is 2. The number of hydrogen-bond acceptors (Lipinski definition) is 4. The van der Waals surface area contributed by atoms with E-state index in [9.17, 15) is 4.79 Å². The maximum atomic E-state index is 11.3. The van der Waals surface area contributed by atoms with E-state index in [0.717, 1.165) is 0 Å². The van der Waals surface area contributed by atoms with E-state index in [-0.39, 0.29) is 17.3 Å². The number of nitrogens with one attached hydrogen (secondary N) is 1. The van der Waals surface area contributed by atoms with Crippen molar-refractivity contribution in [1.82, 2.24) is 9.78 Å². The van der Waals surface area contributed by atoms with Gasteiger partial charge >= 0.3 is 0 Å². The van der Waals surface area contributed by atoms with Crippen molar-refractivity contribution >= 4 is 28.8 Å². The summed E-state index contributed by atoms with van der Waals surface area (Å²) in [5.41, 5.74) is 5.87. The monoisotopic (exact) mass is 242 g/mol. The van der Waals surface area contributed by atoms with Crippen molar-refractivity contribution in [3.8, 4) is 0 Å². The first-order chi connectivity index (χ1) is 7.61. The van der Waals surface area contributed by atoms with Crippen molar-refractivity contribution in [2.24, 2.45) is 5.73 Å². The number of ether oxygens (including phenoxy) is 1. The molecule has 0 radical (unpaired) electrons. The van der Waals surface area contributed by atoms with Gasteiger partial charge in [-0.2, -0.15) is 5.10 Å². The van der Waals surface area contributed by atoms with Gasteiger partial charge in [-0.15, -0.1) is 0 Å². The molecular formula is C9H14N4O2S. The first-order valence-corrected chi connectivity index (χ1v) is 5.12. The van der Waals surface area contributed by atoms with Crippen molar-refractivity contribution in [2.75, 3.05) is 19.0 Å². The fourth-order valence-electron chi connectivity index (χ4n) is 1.10. The number of carbonyl (C=O) groups is 1. The number of hydrogen-bond donors (Lipinski definition) is 2. The Morgan fingerprint density at radius 1 is 1.75 bits per heavy atom. The normalized spacial score (nSPS) is 10.1. The molecule has 6 nitrogen and oxygen atoms in total. The van der Waals surface area contributed by atoms with Gasteiger partial charge in [-0.05, 0) is 0 Å². The van der Waals surface area contributed by atoms with Crippen LogP contribution in [0.4, 0.5) is 5.69 Å². The van der Waals surface area contributed by atoms with Crippen LogP contribution in [0.1, 0.15) is 6.42 Å². The van der Waals surface area contributed by atoms with Gasteiger partial charge in [0.2, 0.25) is 5.91 Å². The summed E-state index contributed by atoms with van der Waals surface area (Å²) in [7, 11) is 1.62. The summed E-state index contributed by atoms with van der Waals surface area (Å²) in [5.74, 6) is -0.237. The SMILES string of the molecule is COCCn1cc(NC(=O)CC(N)=S)cn1. The molecule has 0 spiro atoms. The molecule has 0 aliphatic carbocycles. The predicted octanol–water partition coefficient (Wildman–Crippen LogP) is 0.144. The van der Waals surface area contributed by atoms with E-state index in [1.54, 1.807) is 24.2 Å². The van der Waals surface area contributed by atoms with Gasteiger partial charge in [-0.3, -0.25) is 9.48 Å². The number of carbonyl (C=O) groups excluding carboxylic acids is 1. The van der Waals surface area contributed by atoms with Crippen LogP contribution < -0.4 is 11.1 Å². The summed E-state index contributed by atoms with van der Waals surface area (Å²) in [4.78, 5) is 11.5. The largest absolute Gasteiger partial charge is 0.393 e. The molecule has 0 aliphatic rings. The summed E-state index contributed by atoms with van der Waals surface area (Å²) >= 11 is 4.63. The van der Waals surface area contributed by atoms with Crippen LogP contribution in [0.25, 0.3) is 0 Å². The van der Waals surface area contributed by atoms with Crippen LogP contribution >= 0.6 is 12.2 Å². The number of methoxy groups -OCH3 is 1. The Kier molecular flexibility index (Phi) is 4.87. The van der Waals surface area contributed by atoms with E-state index in [1.165, 1.54) is 0 Å². The molecule has 0 aliphatic heterocycles. The summed E-state index contributed by atoms with van der Waals surface area (Å²) in [6.07, 6.45) is 3.32. The minimum absolute atomic E-state index is 0.0403. The lowest BCUT2D eigenvalue weighted by Crippen LogP contribution is -2.19. The molecule has 1 heterocycles. The van der Waals surface area contributed by atoms with E-state index in [1.807, 2.05) is 0 Å². The maximum Gasteiger partial charge on any atom is 0.231 e. The molecule has 0 bridgehead atoms. The van der Waals surface area contributed by atoms with Gasteiger partial charge in [0, 0.05) is 13.3 Å². The highest BCUT2D eigenvalue weighted by Gasteiger charge is 2.05. The lowest BCUT2D eigenvalue weighted by molar-refractivity contribution is -0.115. The second-order valence-electron chi connectivity index (χ2n) is 3.18. The average molecular weight is 242 g/mol. The van der Waals surface area contributed by atoms with E-state index in [4.69, 9.17) is 10.5 Å². The molecule has 0 saturated heterocycles. The van der Waals surface area contributed by atoms with Crippen molar-refractivity contribution < 1.29 is 9.53 Å². The van der Waals surface area contributed by atoms with Gasteiger partial charge in [-0.25, -0.2) is 0 Å². The molecule has 7 heteroatoms. The molecule has 16 heavy (non-hydrogen) atoms. The minimum Gasteiger partial charge on any atom is -0.393 e. The average Bonchev–Trinajstić information content (AvgIpc) is 2.61. The number of thiocarbonyl (C=S) groups is 1. The molecule has 3 N–H and O–H groups in total. The third kappa shape index (κ3) is 4.37. The minimum atomic E-state index is -0.237. The molecule has 0 atom stereocenters.